The van der Waals surface area contributed by atoms with Gasteiger partial charge in [-0.3, -0.25) is 9.59 Å². The molecule has 0 radical (unpaired) electrons. The molecule has 0 fully saturated rings. The van der Waals surface area contributed by atoms with E-state index in [9.17, 15) is 9.59 Å². The molecule has 5 nitrogen and oxygen atoms in total. The summed E-state index contributed by atoms with van der Waals surface area (Å²) < 4.78 is 0. The lowest BCUT2D eigenvalue weighted by atomic mass is 10.1. The van der Waals surface area contributed by atoms with Crippen molar-refractivity contribution in [1.29, 1.82) is 0 Å². The molecule has 3 aromatic rings. The molecule has 0 aliphatic rings. The molecule has 0 atom stereocenters. The molecule has 3 aromatic carbocycles. The predicted octanol–water partition coefficient (Wildman–Crippen LogP) is 4.37. The van der Waals surface area contributed by atoms with Crippen LogP contribution in [0.5, 0.6) is 0 Å². The van der Waals surface area contributed by atoms with Crippen molar-refractivity contribution in [1.82, 2.24) is 4.90 Å². The summed E-state index contributed by atoms with van der Waals surface area (Å²) in [5, 5.41) is 8.21. The van der Waals surface area contributed by atoms with Crippen molar-refractivity contribution in [3.63, 3.8) is 0 Å². The van der Waals surface area contributed by atoms with E-state index in [1.165, 1.54) is 0 Å². The first-order valence-electron chi connectivity index (χ1n) is 9.52. The number of anilines is 2. The second-order valence-electron chi connectivity index (χ2n) is 6.52. The van der Waals surface area contributed by atoms with Crippen molar-refractivity contribution in [3.8, 4) is 0 Å². The molecule has 28 heavy (non-hydrogen) atoms. The molecule has 0 spiro atoms. The van der Waals surface area contributed by atoms with Gasteiger partial charge < -0.3 is 15.5 Å². The van der Waals surface area contributed by atoms with Gasteiger partial charge in [-0.15, -0.1) is 0 Å². The van der Waals surface area contributed by atoms with Crippen LogP contribution in [0.1, 0.15) is 24.2 Å². The van der Waals surface area contributed by atoms with Gasteiger partial charge in [-0.2, -0.15) is 0 Å². The molecule has 2 N–H and O–H groups in total. The minimum Gasteiger partial charge on any atom is -0.376 e. The van der Waals surface area contributed by atoms with Gasteiger partial charge >= 0.3 is 0 Å². The predicted molar refractivity (Wildman–Crippen MR) is 115 cm³/mol. The van der Waals surface area contributed by atoms with E-state index in [1.54, 1.807) is 17.0 Å². The van der Waals surface area contributed by atoms with E-state index in [4.69, 9.17) is 0 Å². The second kappa shape index (κ2) is 9.04. The molecule has 0 saturated heterocycles. The van der Waals surface area contributed by atoms with Crippen LogP contribution in [0, 0.1) is 0 Å². The molecule has 2 amide bonds. The van der Waals surface area contributed by atoms with E-state index in [0.29, 0.717) is 18.7 Å². The topological polar surface area (TPSA) is 61.4 Å². The molecule has 144 valence electrons. The van der Waals surface area contributed by atoms with Gasteiger partial charge in [-0.25, -0.2) is 0 Å². The number of rotatable bonds is 7. The maximum absolute atomic E-state index is 12.3. The number of carbonyl (C=O) groups is 2. The largest absolute Gasteiger partial charge is 0.376 e. The van der Waals surface area contributed by atoms with E-state index in [2.05, 4.69) is 10.6 Å². The maximum atomic E-state index is 12.3. The summed E-state index contributed by atoms with van der Waals surface area (Å²) in [6.45, 7) is 5.45. The molecular formula is C23H25N3O2. The van der Waals surface area contributed by atoms with E-state index in [1.807, 2.05) is 68.4 Å². The van der Waals surface area contributed by atoms with Gasteiger partial charge in [0.1, 0.15) is 0 Å². The van der Waals surface area contributed by atoms with E-state index in [-0.39, 0.29) is 18.4 Å². The first-order valence-corrected chi connectivity index (χ1v) is 9.52. The zero-order valence-corrected chi connectivity index (χ0v) is 16.2. The number of amides is 2. The fourth-order valence-electron chi connectivity index (χ4n) is 3.08. The van der Waals surface area contributed by atoms with Crippen LogP contribution in [0.15, 0.2) is 66.7 Å². The third-order valence-corrected chi connectivity index (χ3v) is 4.67. The third kappa shape index (κ3) is 4.68. The molecule has 0 unspecified atom stereocenters. The highest BCUT2D eigenvalue weighted by Crippen LogP contribution is 2.19. The Hall–Kier alpha value is -3.34. The zero-order chi connectivity index (χ0) is 19.9. The average Bonchev–Trinajstić information content (AvgIpc) is 2.73. The molecule has 0 aliphatic heterocycles. The van der Waals surface area contributed by atoms with Gasteiger partial charge in [0, 0.05) is 30.0 Å². The molecule has 0 saturated carbocycles. The van der Waals surface area contributed by atoms with Crippen LogP contribution in [0.3, 0.4) is 0 Å². The highest BCUT2D eigenvalue weighted by Gasteiger charge is 2.12. The fourth-order valence-corrected chi connectivity index (χ4v) is 3.08. The van der Waals surface area contributed by atoms with Crippen LogP contribution in [0.4, 0.5) is 11.4 Å². The minimum atomic E-state index is -0.126. The maximum Gasteiger partial charge on any atom is 0.253 e. The van der Waals surface area contributed by atoms with Crippen molar-refractivity contribution in [2.75, 3.05) is 30.3 Å². The number of nitrogens with zero attached hydrogens (tertiary/aromatic N) is 1. The summed E-state index contributed by atoms with van der Waals surface area (Å²) in [5.74, 6) is -0.107. The van der Waals surface area contributed by atoms with Crippen molar-refractivity contribution in [2.45, 2.75) is 13.8 Å². The Morgan fingerprint density at radius 3 is 2.14 bits per heavy atom. The van der Waals surface area contributed by atoms with Gasteiger partial charge in [0.05, 0.1) is 6.54 Å². The van der Waals surface area contributed by atoms with Crippen LogP contribution in [-0.4, -0.2) is 36.3 Å². The van der Waals surface area contributed by atoms with E-state index < -0.39 is 0 Å². The Balaban J connectivity index is 1.55. The lowest BCUT2D eigenvalue weighted by Crippen LogP contribution is -2.30. The standard InChI is InChI=1S/C23H25N3O2/c1-3-26(4-2)23(28)18-10-12-20(13-11-18)24-16-22(27)25-21-14-9-17-7-5-6-8-19(17)15-21/h5-15,24H,3-4,16H2,1-2H3,(H,25,27). The number of hydrogen-bond donors (Lipinski definition) is 2. The van der Waals surface area contributed by atoms with Crippen LogP contribution in [-0.2, 0) is 4.79 Å². The average molecular weight is 375 g/mol. The fraction of sp³-hybridized carbons (Fsp3) is 0.217. The molecule has 0 bridgehead atoms. The summed E-state index contributed by atoms with van der Waals surface area (Å²) in [6, 6.07) is 21.1. The number of nitrogens with one attached hydrogen (secondary N) is 2. The molecule has 3 rings (SSSR count). The lowest BCUT2D eigenvalue weighted by Gasteiger charge is -2.18. The Labute approximate surface area is 165 Å². The van der Waals surface area contributed by atoms with Crippen LogP contribution < -0.4 is 10.6 Å². The number of carbonyl (C=O) groups excluding carboxylic acids is 2. The molecule has 0 aromatic heterocycles. The van der Waals surface area contributed by atoms with Gasteiger partial charge in [0.25, 0.3) is 5.91 Å². The van der Waals surface area contributed by atoms with E-state index in [0.717, 1.165) is 22.1 Å². The van der Waals surface area contributed by atoms with Crippen molar-refractivity contribution in [3.05, 3.63) is 72.3 Å². The van der Waals surface area contributed by atoms with Crippen molar-refractivity contribution < 1.29 is 9.59 Å². The minimum absolute atomic E-state index is 0.0191. The van der Waals surface area contributed by atoms with Crippen LogP contribution in [0.2, 0.25) is 0 Å². The number of fused-ring (bicyclic) bond motifs is 1. The Bertz CT molecular complexity index is 963. The molecule has 5 heteroatoms. The Morgan fingerprint density at radius 2 is 1.46 bits per heavy atom. The smallest absolute Gasteiger partial charge is 0.253 e. The van der Waals surface area contributed by atoms with Gasteiger partial charge in [-0.1, -0.05) is 30.3 Å². The van der Waals surface area contributed by atoms with Crippen LogP contribution in [0.25, 0.3) is 10.8 Å². The molecule has 0 aliphatic carbocycles. The first kappa shape index (κ1) is 19.4. The molecule has 0 heterocycles. The van der Waals surface area contributed by atoms with E-state index >= 15 is 0 Å². The van der Waals surface area contributed by atoms with Crippen LogP contribution >= 0.6 is 0 Å². The number of benzene rings is 3. The van der Waals surface area contributed by atoms with Crippen molar-refractivity contribution in [2.24, 2.45) is 0 Å². The highest BCUT2D eigenvalue weighted by atomic mass is 16.2. The van der Waals surface area contributed by atoms with Crippen molar-refractivity contribution >= 4 is 34.0 Å². The highest BCUT2D eigenvalue weighted by molar-refractivity contribution is 5.97. The molecular weight excluding hydrogens is 350 g/mol. The number of hydrogen-bond acceptors (Lipinski definition) is 3. The second-order valence-corrected chi connectivity index (χ2v) is 6.52. The monoisotopic (exact) mass is 375 g/mol. The van der Waals surface area contributed by atoms with Gasteiger partial charge in [0.2, 0.25) is 5.91 Å². The summed E-state index contributed by atoms with van der Waals surface area (Å²) in [6.07, 6.45) is 0. The quantitative estimate of drug-likeness (QED) is 0.644. The summed E-state index contributed by atoms with van der Waals surface area (Å²) in [7, 11) is 0. The SMILES string of the molecule is CCN(CC)C(=O)c1ccc(NCC(=O)Nc2ccc3ccccc3c2)cc1. The van der Waals surface area contributed by atoms with Gasteiger partial charge in [0.15, 0.2) is 0 Å². The first-order chi connectivity index (χ1) is 13.6. The summed E-state index contributed by atoms with van der Waals surface area (Å²) in [5.41, 5.74) is 2.21. The third-order valence-electron chi connectivity index (χ3n) is 4.67. The lowest BCUT2D eigenvalue weighted by molar-refractivity contribution is -0.114. The Morgan fingerprint density at radius 1 is 0.821 bits per heavy atom. The zero-order valence-electron chi connectivity index (χ0n) is 16.2. The normalized spacial score (nSPS) is 10.5. The summed E-state index contributed by atoms with van der Waals surface area (Å²) >= 11 is 0. The Kier molecular flexibility index (Phi) is 6.27. The summed E-state index contributed by atoms with van der Waals surface area (Å²) in [4.78, 5) is 26.3. The van der Waals surface area contributed by atoms with Gasteiger partial charge in [-0.05, 0) is 61.0 Å².